The van der Waals surface area contributed by atoms with Gasteiger partial charge in [-0.15, -0.1) is 17.8 Å². The quantitative estimate of drug-likeness (QED) is 0.378. The molecule has 1 aliphatic rings. The molecule has 0 aromatic carbocycles. The fourth-order valence-corrected chi connectivity index (χ4v) is 3.19. The van der Waals surface area contributed by atoms with Crippen LogP contribution in [0.15, 0.2) is 0 Å². The number of halogens is 2. The van der Waals surface area contributed by atoms with Gasteiger partial charge in [-0.05, 0) is 37.0 Å². The molecule has 0 saturated heterocycles. The van der Waals surface area contributed by atoms with Crippen LogP contribution in [0.5, 0.6) is 0 Å². The molecule has 3 unspecified atom stereocenters. The van der Waals surface area contributed by atoms with Crippen molar-refractivity contribution < 1.29 is 46.5 Å². The van der Waals surface area contributed by atoms with Gasteiger partial charge in [0.05, 0.1) is 0 Å². The van der Waals surface area contributed by atoms with E-state index in [2.05, 4.69) is 29.8 Å². The van der Waals surface area contributed by atoms with Crippen LogP contribution >= 0.6 is 17.8 Å². The van der Waals surface area contributed by atoms with Crippen LogP contribution in [-0.2, 0) is 21.7 Å². The van der Waals surface area contributed by atoms with Crippen LogP contribution < -0.4 is 24.8 Å². The minimum atomic E-state index is 0. The van der Waals surface area contributed by atoms with E-state index in [4.69, 9.17) is 0 Å². The van der Waals surface area contributed by atoms with Gasteiger partial charge in [0, 0.05) is 0 Å². The van der Waals surface area contributed by atoms with Crippen molar-refractivity contribution in [3.05, 3.63) is 0 Å². The van der Waals surface area contributed by atoms with Gasteiger partial charge in [-0.1, -0.05) is 26.9 Å². The fourth-order valence-electron chi connectivity index (χ4n) is 1.94. The van der Waals surface area contributed by atoms with Crippen LogP contribution in [0.1, 0.15) is 39.5 Å². The molecule has 0 aromatic rings. The van der Waals surface area contributed by atoms with Gasteiger partial charge in [-0.3, -0.25) is 0 Å². The minimum Gasteiger partial charge on any atom is -1.00 e. The average Bonchev–Trinajstić information content (AvgIpc) is 2.06. The van der Waals surface area contributed by atoms with Crippen molar-refractivity contribution in [1.82, 2.24) is 0 Å². The Morgan fingerprint density at radius 2 is 1.67 bits per heavy atom. The van der Waals surface area contributed by atoms with E-state index < -0.39 is 0 Å². The van der Waals surface area contributed by atoms with E-state index in [9.17, 15) is 0 Å². The Bertz CT molecular complexity index is 124. The topological polar surface area (TPSA) is 0 Å². The molecule has 0 radical (unpaired) electrons. The molecule has 92 valence electrons. The third-order valence-corrected chi connectivity index (χ3v) is 3.92. The summed E-state index contributed by atoms with van der Waals surface area (Å²) in [5, 5.41) is 0. The summed E-state index contributed by atoms with van der Waals surface area (Å²) in [6, 6.07) is 0. The summed E-state index contributed by atoms with van der Waals surface area (Å²) in [5.41, 5.74) is 1.72. The second-order valence-electron chi connectivity index (χ2n) is 4.25. The molecule has 1 saturated carbocycles. The van der Waals surface area contributed by atoms with Crippen LogP contribution in [0.2, 0.25) is 0 Å². The molecule has 0 aromatic heterocycles. The Balaban J connectivity index is -0.000000114. The molecule has 3 atom stereocenters. The van der Waals surface area contributed by atoms with E-state index in [1.54, 1.807) is 0 Å². The summed E-state index contributed by atoms with van der Waals surface area (Å²) in [4.78, 5) is 0. The maximum atomic E-state index is 2.42. The third-order valence-electron chi connectivity index (χ3n) is 2.61. The Kier molecular flexibility index (Phi) is 24.5. The van der Waals surface area contributed by atoms with E-state index in [-0.39, 0.29) is 46.5 Å². The van der Waals surface area contributed by atoms with Gasteiger partial charge in [0.25, 0.3) is 0 Å². The zero-order valence-electron chi connectivity index (χ0n) is 10.2. The molecule has 0 amide bonds. The third kappa shape index (κ3) is 12.4. The van der Waals surface area contributed by atoms with Crippen LogP contribution in [0.3, 0.4) is 0 Å². The Hall–Kier alpha value is 2.15. The first-order valence-corrected chi connectivity index (χ1v) is 7.62. The molecule has 1 rings (SSSR count). The smallest absolute Gasteiger partial charge is 1.00 e. The summed E-state index contributed by atoms with van der Waals surface area (Å²) in [6.07, 6.45) is 5.90. The van der Waals surface area contributed by atoms with E-state index in [1.807, 2.05) is 6.66 Å². The first-order valence-electron chi connectivity index (χ1n) is 4.89. The van der Waals surface area contributed by atoms with Gasteiger partial charge in [-0.2, -0.15) is 0 Å². The van der Waals surface area contributed by atoms with Gasteiger partial charge >= 0.3 is 21.7 Å². The van der Waals surface area contributed by atoms with Crippen LogP contribution in [0, 0.1) is 5.41 Å². The van der Waals surface area contributed by atoms with Crippen molar-refractivity contribution in [1.29, 1.82) is 0 Å². The molecule has 1 aliphatic carbocycles. The van der Waals surface area contributed by atoms with E-state index in [0.29, 0.717) is 5.41 Å². The first kappa shape index (κ1) is 25.9. The molecule has 0 heterocycles. The van der Waals surface area contributed by atoms with Crippen molar-refractivity contribution in [3.8, 4) is 0 Å². The predicted octanol–water partition coefficient (Wildman–Crippen LogP) is -2.24. The van der Waals surface area contributed by atoms with Gasteiger partial charge in [0.2, 0.25) is 0 Å². The van der Waals surface area contributed by atoms with Gasteiger partial charge in [0.15, 0.2) is 0 Å². The maximum absolute atomic E-state index is 2.42. The standard InChI is InChI=1S/C9H19P.CH5P.2ClH.Ti/c1-9(2)6-4-5-8(7-9)10-3;1-2;;;/h8,10H,4-7H2,1-3H3;2H2,1H3;2*1H;/q;;;;+2/p-2. The van der Waals surface area contributed by atoms with Crippen molar-refractivity contribution in [2.24, 2.45) is 5.41 Å². The predicted molar refractivity (Wildman–Crippen MR) is 65.9 cm³/mol. The molecular formula is C10H24Cl2P2Ti. The van der Waals surface area contributed by atoms with Gasteiger partial charge in [0.1, 0.15) is 0 Å². The average molecular weight is 325 g/mol. The molecule has 0 aliphatic heterocycles. The Morgan fingerprint density at radius 1 is 1.20 bits per heavy atom. The van der Waals surface area contributed by atoms with E-state index in [0.717, 1.165) is 5.66 Å². The van der Waals surface area contributed by atoms with E-state index >= 15 is 0 Å². The van der Waals surface area contributed by atoms with Gasteiger partial charge in [-0.25, -0.2) is 0 Å². The largest absolute Gasteiger partial charge is 2.00 e. The van der Waals surface area contributed by atoms with Gasteiger partial charge < -0.3 is 24.8 Å². The van der Waals surface area contributed by atoms with Crippen LogP contribution in [0.25, 0.3) is 0 Å². The van der Waals surface area contributed by atoms with Crippen molar-refractivity contribution >= 4 is 17.8 Å². The number of hydrogen-bond donors (Lipinski definition) is 0. The first-order chi connectivity index (χ1) is 5.64. The Labute approximate surface area is 128 Å². The second kappa shape index (κ2) is 14.2. The molecular weight excluding hydrogens is 301 g/mol. The zero-order chi connectivity index (χ0) is 9.61. The summed E-state index contributed by atoms with van der Waals surface area (Å²) >= 11 is 0. The molecule has 0 N–H and O–H groups in total. The van der Waals surface area contributed by atoms with Crippen molar-refractivity contribution in [2.45, 2.75) is 45.2 Å². The maximum Gasteiger partial charge on any atom is 2.00 e. The number of hydrogen-bond acceptors (Lipinski definition) is 0. The molecule has 1 fully saturated rings. The monoisotopic (exact) mass is 324 g/mol. The Morgan fingerprint density at radius 3 is 1.93 bits per heavy atom. The second-order valence-corrected chi connectivity index (χ2v) is 5.64. The number of rotatable bonds is 1. The SMILES string of the molecule is CP.CPC1CCCC(C)(C)C1.[Cl-].[Cl-].[Ti+2]. The summed E-state index contributed by atoms with van der Waals surface area (Å²) < 4.78 is 0. The van der Waals surface area contributed by atoms with Crippen LogP contribution in [-0.4, -0.2) is 19.0 Å². The molecule has 5 heteroatoms. The molecule has 0 spiro atoms. The summed E-state index contributed by atoms with van der Waals surface area (Å²) in [5.74, 6) is 0. The van der Waals surface area contributed by atoms with E-state index in [1.165, 1.54) is 34.3 Å². The van der Waals surface area contributed by atoms with Crippen molar-refractivity contribution in [2.75, 3.05) is 13.3 Å². The normalized spacial score (nSPS) is 22.6. The van der Waals surface area contributed by atoms with Crippen LogP contribution in [0.4, 0.5) is 0 Å². The zero-order valence-corrected chi connectivity index (χ0v) is 15.5. The summed E-state index contributed by atoms with van der Waals surface area (Å²) in [7, 11) is 3.59. The molecule has 15 heavy (non-hydrogen) atoms. The van der Waals surface area contributed by atoms with Crippen molar-refractivity contribution in [3.63, 3.8) is 0 Å². The molecule has 0 bridgehead atoms. The fraction of sp³-hybridized carbons (Fsp3) is 1.00. The summed E-state index contributed by atoms with van der Waals surface area (Å²) in [6.45, 7) is 9.10. The minimum absolute atomic E-state index is 0. The molecule has 0 nitrogen and oxygen atoms in total.